The minimum Gasteiger partial charge on any atom is -0.356 e. The molecular weight excluding hydrogens is 462 g/mol. The van der Waals surface area contributed by atoms with E-state index in [1.807, 2.05) is 36.6 Å². The lowest BCUT2D eigenvalue weighted by Crippen LogP contribution is -2.27. The van der Waals surface area contributed by atoms with Gasteiger partial charge < -0.3 is 5.32 Å². The molecule has 180 valence electrons. The molecule has 0 atom stereocenters. The van der Waals surface area contributed by atoms with Crippen molar-refractivity contribution < 1.29 is 9.59 Å². The molecule has 2 N–H and O–H groups in total. The molecule has 2 amide bonds. The molecular formula is C26H27N5O3S. The minimum absolute atomic E-state index is 0.0402. The molecule has 35 heavy (non-hydrogen) atoms. The lowest BCUT2D eigenvalue weighted by molar-refractivity contribution is -0.118. The topological polar surface area (TPSA) is 106 Å². The maximum atomic E-state index is 13.2. The van der Waals surface area contributed by atoms with E-state index in [1.54, 1.807) is 24.3 Å². The summed E-state index contributed by atoms with van der Waals surface area (Å²) in [6, 6.07) is 15.0. The molecule has 0 bridgehead atoms. The van der Waals surface area contributed by atoms with Crippen LogP contribution < -0.4 is 16.2 Å². The van der Waals surface area contributed by atoms with Crippen LogP contribution in [0.3, 0.4) is 0 Å². The average molecular weight is 490 g/mol. The van der Waals surface area contributed by atoms with Crippen molar-refractivity contribution in [3.63, 3.8) is 0 Å². The van der Waals surface area contributed by atoms with E-state index in [1.165, 1.54) is 22.9 Å². The summed E-state index contributed by atoms with van der Waals surface area (Å²) in [6.45, 7) is 4.60. The van der Waals surface area contributed by atoms with Crippen LogP contribution in [0.25, 0.3) is 22.0 Å². The van der Waals surface area contributed by atoms with Crippen molar-refractivity contribution in [1.29, 1.82) is 0 Å². The number of rotatable bonds is 9. The summed E-state index contributed by atoms with van der Waals surface area (Å²) >= 11 is 1.33. The summed E-state index contributed by atoms with van der Waals surface area (Å²) in [5.41, 5.74) is 2.81. The predicted molar refractivity (Wildman–Crippen MR) is 139 cm³/mol. The summed E-state index contributed by atoms with van der Waals surface area (Å²) in [5, 5.41) is 13.4. The SMILES string of the molecule is CCCCn1nc(C(=O)Nc2nc(-c3ccc(CCNC(C)=O)cc3)cs2)c2ccccc2c1=O. The first kappa shape index (κ1) is 24.3. The van der Waals surface area contributed by atoms with Gasteiger partial charge >= 0.3 is 0 Å². The molecule has 0 unspecified atom stereocenters. The fourth-order valence-electron chi connectivity index (χ4n) is 3.71. The molecule has 0 saturated heterocycles. The Kier molecular flexibility index (Phi) is 7.67. The summed E-state index contributed by atoms with van der Waals surface area (Å²) in [7, 11) is 0. The first-order valence-corrected chi connectivity index (χ1v) is 12.4. The van der Waals surface area contributed by atoms with Crippen LogP contribution in [-0.4, -0.2) is 33.1 Å². The summed E-state index contributed by atoms with van der Waals surface area (Å²) in [4.78, 5) is 41.5. The Morgan fingerprint density at radius 3 is 2.51 bits per heavy atom. The van der Waals surface area contributed by atoms with E-state index >= 15 is 0 Å². The number of aromatic nitrogens is 3. The molecule has 8 nitrogen and oxygen atoms in total. The van der Waals surface area contributed by atoms with E-state index < -0.39 is 5.91 Å². The molecule has 0 aliphatic rings. The zero-order valence-corrected chi connectivity index (χ0v) is 20.5. The Bertz CT molecular complexity index is 1410. The zero-order valence-electron chi connectivity index (χ0n) is 19.7. The van der Waals surface area contributed by atoms with Gasteiger partial charge in [-0.3, -0.25) is 19.7 Å². The number of benzene rings is 2. The highest BCUT2D eigenvalue weighted by Crippen LogP contribution is 2.26. The second-order valence-electron chi connectivity index (χ2n) is 8.20. The average Bonchev–Trinajstić information content (AvgIpc) is 3.32. The Hall–Kier alpha value is -3.85. The van der Waals surface area contributed by atoms with Gasteiger partial charge in [-0.25, -0.2) is 9.67 Å². The lowest BCUT2D eigenvalue weighted by atomic mass is 10.1. The van der Waals surface area contributed by atoms with Crippen molar-refractivity contribution in [2.75, 3.05) is 11.9 Å². The maximum Gasteiger partial charge on any atom is 0.278 e. The predicted octanol–water partition coefficient (Wildman–Crippen LogP) is 4.25. The van der Waals surface area contributed by atoms with Gasteiger partial charge in [-0.05, 0) is 24.5 Å². The van der Waals surface area contributed by atoms with Crippen LogP contribution >= 0.6 is 11.3 Å². The summed E-state index contributed by atoms with van der Waals surface area (Å²) < 4.78 is 1.38. The quantitative estimate of drug-likeness (QED) is 0.366. The van der Waals surface area contributed by atoms with Crippen molar-refractivity contribution in [2.45, 2.75) is 39.7 Å². The molecule has 9 heteroatoms. The Morgan fingerprint density at radius 1 is 1.06 bits per heavy atom. The molecule has 2 heterocycles. The van der Waals surface area contributed by atoms with Crippen LogP contribution in [0.4, 0.5) is 5.13 Å². The van der Waals surface area contributed by atoms with E-state index in [0.29, 0.717) is 29.0 Å². The number of unbranched alkanes of at least 4 members (excludes halogenated alkanes) is 1. The molecule has 2 aromatic heterocycles. The molecule has 0 radical (unpaired) electrons. The molecule has 4 aromatic rings. The fourth-order valence-corrected chi connectivity index (χ4v) is 4.42. The minimum atomic E-state index is -0.402. The normalized spacial score (nSPS) is 10.9. The first-order valence-electron chi connectivity index (χ1n) is 11.6. The van der Waals surface area contributed by atoms with Crippen molar-refractivity contribution in [3.8, 4) is 11.3 Å². The van der Waals surface area contributed by atoms with Gasteiger partial charge in [-0.15, -0.1) is 11.3 Å². The van der Waals surface area contributed by atoms with Gasteiger partial charge in [0.15, 0.2) is 10.8 Å². The van der Waals surface area contributed by atoms with Gasteiger partial charge in [0.1, 0.15) is 0 Å². The second kappa shape index (κ2) is 11.1. The third-order valence-corrected chi connectivity index (χ3v) is 6.33. The number of thiazole rings is 1. The summed E-state index contributed by atoms with van der Waals surface area (Å²) in [5.74, 6) is -0.442. The number of aryl methyl sites for hydroxylation is 1. The monoisotopic (exact) mass is 489 g/mol. The van der Waals surface area contributed by atoms with Crippen LogP contribution in [0, 0.1) is 0 Å². The Morgan fingerprint density at radius 2 is 1.80 bits per heavy atom. The molecule has 0 fully saturated rings. The van der Waals surface area contributed by atoms with E-state index in [2.05, 4.69) is 20.7 Å². The smallest absolute Gasteiger partial charge is 0.278 e. The highest BCUT2D eigenvalue weighted by Gasteiger charge is 2.18. The van der Waals surface area contributed by atoms with Gasteiger partial charge in [0.05, 0.1) is 11.1 Å². The highest BCUT2D eigenvalue weighted by molar-refractivity contribution is 7.14. The van der Waals surface area contributed by atoms with Crippen molar-refractivity contribution >= 4 is 39.1 Å². The van der Waals surface area contributed by atoms with Crippen LogP contribution in [0.5, 0.6) is 0 Å². The number of carbonyl (C=O) groups excluding carboxylic acids is 2. The third kappa shape index (κ3) is 5.81. The molecule has 0 spiro atoms. The number of nitrogens with zero attached hydrogens (tertiary/aromatic N) is 3. The van der Waals surface area contributed by atoms with E-state index in [0.717, 1.165) is 36.1 Å². The summed E-state index contributed by atoms with van der Waals surface area (Å²) in [6.07, 6.45) is 2.47. The number of hydrogen-bond donors (Lipinski definition) is 2. The van der Waals surface area contributed by atoms with E-state index in [4.69, 9.17) is 0 Å². The van der Waals surface area contributed by atoms with E-state index in [-0.39, 0.29) is 17.2 Å². The van der Waals surface area contributed by atoms with Gasteiger partial charge in [-0.1, -0.05) is 55.8 Å². The second-order valence-corrected chi connectivity index (χ2v) is 9.06. The Balaban J connectivity index is 1.52. The largest absolute Gasteiger partial charge is 0.356 e. The molecule has 4 rings (SSSR count). The molecule has 2 aromatic carbocycles. The number of amides is 2. The van der Waals surface area contributed by atoms with Crippen LogP contribution in [0.1, 0.15) is 42.7 Å². The van der Waals surface area contributed by atoms with Crippen LogP contribution in [0.2, 0.25) is 0 Å². The highest BCUT2D eigenvalue weighted by atomic mass is 32.1. The van der Waals surface area contributed by atoms with Crippen molar-refractivity contribution in [1.82, 2.24) is 20.1 Å². The molecule has 0 saturated carbocycles. The van der Waals surface area contributed by atoms with Gasteiger partial charge in [0.2, 0.25) is 5.91 Å². The number of nitrogens with one attached hydrogen (secondary N) is 2. The van der Waals surface area contributed by atoms with Crippen LogP contribution in [0.15, 0.2) is 58.7 Å². The number of fused-ring (bicyclic) bond motifs is 1. The first-order chi connectivity index (χ1) is 17.0. The molecule has 0 aliphatic heterocycles. The lowest BCUT2D eigenvalue weighted by Gasteiger charge is -2.10. The van der Waals surface area contributed by atoms with Crippen LogP contribution in [-0.2, 0) is 17.8 Å². The Labute approximate surface area is 207 Å². The fraction of sp³-hybridized carbons (Fsp3) is 0.269. The van der Waals surface area contributed by atoms with Gasteiger partial charge in [0, 0.05) is 36.3 Å². The number of hydrogen-bond acceptors (Lipinski definition) is 6. The zero-order chi connectivity index (χ0) is 24.8. The van der Waals surface area contributed by atoms with E-state index in [9.17, 15) is 14.4 Å². The standard InChI is InChI=1S/C26H27N5O3S/c1-3-4-15-31-25(34)21-8-6-5-7-20(21)23(30-31)24(33)29-26-28-22(16-35-26)19-11-9-18(10-12-19)13-14-27-17(2)32/h5-12,16H,3-4,13-15H2,1-2H3,(H,27,32)(H,28,29,33). The number of anilines is 1. The van der Waals surface area contributed by atoms with Crippen molar-refractivity contribution in [3.05, 3.63) is 75.5 Å². The van der Waals surface area contributed by atoms with Gasteiger partial charge in [0.25, 0.3) is 11.5 Å². The maximum absolute atomic E-state index is 13.2. The third-order valence-electron chi connectivity index (χ3n) is 5.57. The number of carbonyl (C=O) groups is 2. The van der Waals surface area contributed by atoms with Crippen molar-refractivity contribution in [2.24, 2.45) is 0 Å². The molecule has 0 aliphatic carbocycles. The van der Waals surface area contributed by atoms with Gasteiger partial charge in [-0.2, -0.15) is 5.10 Å².